The molecule has 0 aliphatic rings. The summed E-state index contributed by atoms with van der Waals surface area (Å²) in [4.78, 5) is 10.7. The number of carbonyl (C=O) groups is 1. The number of hydrogen-bond donors (Lipinski definition) is 3. The van der Waals surface area contributed by atoms with E-state index in [1.807, 2.05) is 6.92 Å². The lowest BCUT2D eigenvalue weighted by molar-refractivity contribution is -0.136. The summed E-state index contributed by atoms with van der Waals surface area (Å²) >= 11 is 0. The minimum Gasteiger partial charge on any atom is -0.379 e. The lowest BCUT2D eigenvalue weighted by atomic mass is 10.0. The molecule has 0 spiro atoms. The van der Waals surface area contributed by atoms with E-state index >= 15 is 0 Å². The van der Waals surface area contributed by atoms with Crippen LogP contribution in [0.15, 0.2) is 11.6 Å². The Kier molecular flexibility index (Phi) is 5.32. The monoisotopic (exact) mass is 173 g/mol. The number of amides is 1. The molecule has 12 heavy (non-hydrogen) atoms. The molecular formula is C8H15NO3. The summed E-state index contributed by atoms with van der Waals surface area (Å²) < 4.78 is 0. The summed E-state index contributed by atoms with van der Waals surface area (Å²) in [6.45, 7) is 3.70. The third kappa shape index (κ3) is 3.02. The van der Waals surface area contributed by atoms with Gasteiger partial charge in [-0.1, -0.05) is 19.4 Å². The van der Waals surface area contributed by atoms with Crippen molar-refractivity contribution >= 4 is 5.91 Å². The molecule has 0 heterocycles. The molecule has 0 aromatic rings. The third-order valence-corrected chi connectivity index (χ3v) is 1.62. The molecule has 0 aromatic heterocycles. The maximum absolute atomic E-state index is 10.7. The Morgan fingerprint density at radius 1 is 1.67 bits per heavy atom. The van der Waals surface area contributed by atoms with Gasteiger partial charge in [-0.15, -0.1) is 0 Å². The van der Waals surface area contributed by atoms with Crippen molar-refractivity contribution in [1.82, 2.24) is 5.48 Å². The Bertz CT molecular complexity index is 177. The number of allylic oxidation sites excluding steroid dienone is 1. The first-order chi connectivity index (χ1) is 5.67. The van der Waals surface area contributed by atoms with Gasteiger partial charge in [-0.2, -0.15) is 0 Å². The topological polar surface area (TPSA) is 69.6 Å². The van der Waals surface area contributed by atoms with Crippen molar-refractivity contribution in [3.63, 3.8) is 0 Å². The number of aliphatic hydroxyl groups is 1. The fraction of sp³-hybridized carbons (Fsp3) is 0.625. The first kappa shape index (κ1) is 11.1. The maximum atomic E-state index is 10.7. The highest BCUT2D eigenvalue weighted by Gasteiger charge is 2.17. The minimum atomic E-state index is -1.22. The summed E-state index contributed by atoms with van der Waals surface area (Å²) in [6.07, 6.45) is 1.98. The van der Waals surface area contributed by atoms with Gasteiger partial charge >= 0.3 is 0 Å². The van der Waals surface area contributed by atoms with Gasteiger partial charge in [0.05, 0.1) is 0 Å². The van der Waals surface area contributed by atoms with Crippen LogP contribution >= 0.6 is 0 Å². The van der Waals surface area contributed by atoms with E-state index in [1.165, 1.54) is 5.48 Å². The van der Waals surface area contributed by atoms with E-state index in [4.69, 9.17) is 5.21 Å². The average molecular weight is 173 g/mol. The number of hydroxylamine groups is 1. The van der Waals surface area contributed by atoms with E-state index in [1.54, 1.807) is 13.0 Å². The molecule has 0 radical (unpaired) electrons. The number of rotatable bonds is 4. The highest BCUT2D eigenvalue weighted by Crippen LogP contribution is 2.09. The van der Waals surface area contributed by atoms with Crippen LogP contribution in [0, 0.1) is 0 Å². The highest BCUT2D eigenvalue weighted by molar-refractivity contribution is 5.82. The van der Waals surface area contributed by atoms with Gasteiger partial charge in [0.15, 0.2) is 6.10 Å². The molecule has 3 N–H and O–H groups in total. The van der Waals surface area contributed by atoms with E-state index in [2.05, 4.69) is 0 Å². The van der Waals surface area contributed by atoms with Crippen molar-refractivity contribution in [2.45, 2.75) is 32.8 Å². The SMILES string of the molecule is C/C=C(\CCC)C(O)C(=O)NO. The Balaban J connectivity index is 4.22. The average Bonchev–Trinajstić information content (AvgIpc) is 2.11. The lowest BCUT2D eigenvalue weighted by Gasteiger charge is -2.11. The number of nitrogens with one attached hydrogen (secondary N) is 1. The molecule has 1 atom stereocenters. The molecule has 0 aliphatic carbocycles. The van der Waals surface area contributed by atoms with Crippen molar-refractivity contribution in [1.29, 1.82) is 0 Å². The standard InChI is InChI=1S/C8H15NO3/c1-3-5-6(4-2)7(10)8(11)9-12/h4,7,10,12H,3,5H2,1-2H3,(H,9,11)/b6-4+. The summed E-state index contributed by atoms with van der Waals surface area (Å²) in [7, 11) is 0. The highest BCUT2D eigenvalue weighted by atomic mass is 16.5. The van der Waals surface area contributed by atoms with E-state index in [0.717, 1.165) is 6.42 Å². The molecule has 70 valence electrons. The van der Waals surface area contributed by atoms with Crippen molar-refractivity contribution in [2.75, 3.05) is 0 Å². The van der Waals surface area contributed by atoms with Crippen LogP contribution in [0.4, 0.5) is 0 Å². The van der Waals surface area contributed by atoms with Gasteiger partial charge in [0.2, 0.25) is 0 Å². The molecule has 0 aromatic carbocycles. The molecular weight excluding hydrogens is 158 g/mol. The summed E-state index contributed by atoms with van der Waals surface area (Å²) in [5, 5.41) is 17.5. The smallest absolute Gasteiger partial charge is 0.276 e. The quantitative estimate of drug-likeness (QED) is 0.331. The second kappa shape index (κ2) is 5.74. The molecule has 4 heteroatoms. The Hall–Kier alpha value is -0.870. The van der Waals surface area contributed by atoms with Crippen LogP contribution < -0.4 is 5.48 Å². The zero-order chi connectivity index (χ0) is 9.56. The Morgan fingerprint density at radius 3 is 2.58 bits per heavy atom. The van der Waals surface area contributed by atoms with Crippen molar-refractivity contribution < 1.29 is 15.1 Å². The number of hydrogen-bond acceptors (Lipinski definition) is 3. The molecule has 0 bridgehead atoms. The lowest BCUT2D eigenvalue weighted by Crippen LogP contribution is -2.33. The maximum Gasteiger partial charge on any atom is 0.276 e. The van der Waals surface area contributed by atoms with Crippen LogP contribution in [0.2, 0.25) is 0 Å². The first-order valence-corrected chi connectivity index (χ1v) is 3.94. The van der Waals surface area contributed by atoms with E-state index in [9.17, 15) is 9.90 Å². The molecule has 0 aliphatic heterocycles. The normalized spacial score (nSPS) is 14.2. The van der Waals surface area contributed by atoms with E-state index < -0.39 is 12.0 Å². The zero-order valence-electron chi connectivity index (χ0n) is 7.37. The molecule has 1 amide bonds. The summed E-state index contributed by atoms with van der Waals surface area (Å²) in [5.74, 6) is -0.781. The second-order valence-corrected chi connectivity index (χ2v) is 2.49. The van der Waals surface area contributed by atoms with E-state index in [0.29, 0.717) is 12.0 Å². The molecule has 4 nitrogen and oxygen atoms in total. The van der Waals surface area contributed by atoms with Gasteiger partial charge in [-0.3, -0.25) is 10.0 Å². The minimum absolute atomic E-state index is 0.629. The Labute approximate surface area is 71.9 Å². The van der Waals surface area contributed by atoms with Gasteiger partial charge in [-0.25, -0.2) is 5.48 Å². The number of aliphatic hydroxyl groups excluding tert-OH is 1. The zero-order valence-corrected chi connectivity index (χ0v) is 7.37. The fourth-order valence-corrected chi connectivity index (χ4v) is 0.957. The Morgan fingerprint density at radius 2 is 2.25 bits per heavy atom. The van der Waals surface area contributed by atoms with Gasteiger partial charge in [-0.05, 0) is 18.9 Å². The first-order valence-electron chi connectivity index (χ1n) is 3.94. The summed E-state index contributed by atoms with van der Waals surface area (Å²) in [6, 6.07) is 0. The van der Waals surface area contributed by atoms with Crippen LogP contribution in [0.25, 0.3) is 0 Å². The van der Waals surface area contributed by atoms with Gasteiger partial charge in [0.1, 0.15) is 0 Å². The predicted octanol–water partition coefficient (Wildman–Crippen LogP) is 0.599. The van der Waals surface area contributed by atoms with Crippen LogP contribution in [-0.4, -0.2) is 22.3 Å². The van der Waals surface area contributed by atoms with Gasteiger partial charge in [0, 0.05) is 0 Å². The number of carbonyl (C=O) groups excluding carboxylic acids is 1. The predicted molar refractivity (Wildman–Crippen MR) is 44.6 cm³/mol. The van der Waals surface area contributed by atoms with Crippen LogP contribution in [0.5, 0.6) is 0 Å². The second-order valence-electron chi connectivity index (χ2n) is 2.49. The van der Waals surface area contributed by atoms with Crippen molar-refractivity contribution in [2.24, 2.45) is 0 Å². The van der Waals surface area contributed by atoms with Crippen LogP contribution in [-0.2, 0) is 4.79 Å². The molecule has 0 fully saturated rings. The van der Waals surface area contributed by atoms with Gasteiger partial charge in [0.25, 0.3) is 5.91 Å². The van der Waals surface area contributed by atoms with Crippen LogP contribution in [0.1, 0.15) is 26.7 Å². The largest absolute Gasteiger partial charge is 0.379 e. The summed E-state index contributed by atoms with van der Waals surface area (Å²) in [5.41, 5.74) is 2.04. The van der Waals surface area contributed by atoms with Crippen molar-refractivity contribution in [3.8, 4) is 0 Å². The molecule has 0 rings (SSSR count). The van der Waals surface area contributed by atoms with Gasteiger partial charge < -0.3 is 5.11 Å². The van der Waals surface area contributed by atoms with Crippen LogP contribution in [0.3, 0.4) is 0 Å². The molecule has 1 unspecified atom stereocenters. The third-order valence-electron chi connectivity index (χ3n) is 1.62. The molecule has 0 saturated carbocycles. The molecule has 0 saturated heterocycles. The fourth-order valence-electron chi connectivity index (χ4n) is 0.957. The van der Waals surface area contributed by atoms with E-state index in [-0.39, 0.29) is 0 Å². The van der Waals surface area contributed by atoms with Crippen molar-refractivity contribution in [3.05, 3.63) is 11.6 Å².